The Morgan fingerprint density at radius 2 is 1.64 bits per heavy atom. The number of ether oxygens (including phenoxy) is 1. The molecule has 25 heavy (non-hydrogen) atoms. The van der Waals surface area contributed by atoms with Crippen molar-refractivity contribution in [3.05, 3.63) is 77.5 Å². The zero-order valence-electron chi connectivity index (χ0n) is 13.3. The summed E-state index contributed by atoms with van der Waals surface area (Å²) in [5.41, 5.74) is 1.58. The lowest BCUT2D eigenvalue weighted by atomic mass is 10.3. The van der Waals surface area contributed by atoms with E-state index in [1.54, 1.807) is 24.5 Å². The number of halogens is 1. The second-order valence-corrected chi connectivity index (χ2v) is 6.05. The van der Waals surface area contributed by atoms with Crippen LogP contribution in [-0.2, 0) is 4.79 Å². The zero-order chi connectivity index (χ0) is 17.5. The third-order valence-corrected chi connectivity index (χ3v) is 4.03. The number of amides is 1. The van der Waals surface area contributed by atoms with Crippen molar-refractivity contribution in [1.29, 1.82) is 0 Å². The first-order chi connectivity index (χ1) is 12.2. The van der Waals surface area contributed by atoms with Crippen LogP contribution in [-0.4, -0.2) is 17.4 Å². The average Bonchev–Trinajstić information content (AvgIpc) is 2.64. The van der Waals surface area contributed by atoms with Crippen molar-refractivity contribution in [3.8, 4) is 11.5 Å². The van der Waals surface area contributed by atoms with Gasteiger partial charge in [0.25, 0.3) is 0 Å². The van der Waals surface area contributed by atoms with Gasteiger partial charge >= 0.3 is 0 Å². The number of aromatic nitrogens is 1. The van der Waals surface area contributed by atoms with Crippen LogP contribution in [0.4, 0.5) is 11.4 Å². The second kappa shape index (κ2) is 8.30. The van der Waals surface area contributed by atoms with Crippen LogP contribution in [0.1, 0.15) is 0 Å². The van der Waals surface area contributed by atoms with Gasteiger partial charge in [-0.3, -0.25) is 9.78 Å². The third kappa shape index (κ3) is 5.06. The number of benzene rings is 2. The summed E-state index contributed by atoms with van der Waals surface area (Å²) in [6.45, 7) is 0.173. The molecule has 0 saturated heterocycles. The fourth-order valence-electron chi connectivity index (χ4n) is 2.12. The highest BCUT2D eigenvalue weighted by atomic mass is 79.9. The molecule has 0 spiro atoms. The molecule has 0 radical (unpaired) electrons. The molecule has 0 fully saturated rings. The maximum Gasteiger partial charge on any atom is 0.243 e. The van der Waals surface area contributed by atoms with E-state index in [-0.39, 0.29) is 12.5 Å². The van der Waals surface area contributed by atoms with Gasteiger partial charge in [0.1, 0.15) is 11.5 Å². The monoisotopic (exact) mass is 397 g/mol. The SMILES string of the molecule is O=C(CNc1ccc(Oc2ccncc2)cc1)Nc1ccccc1Br. The van der Waals surface area contributed by atoms with Crippen LogP contribution in [0.3, 0.4) is 0 Å². The molecule has 1 amide bonds. The Bertz CT molecular complexity index is 839. The van der Waals surface area contributed by atoms with Gasteiger partial charge in [0.05, 0.1) is 12.2 Å². The summed E-state index contributed by atoms with van der Waals surface area (Å²) in [6.07, 6.45) is 3.35. The van der Waals surface area contributed by atoms with Gasteiger partial charge in [0, 0.05) is 22.6 Å². The van der Waals surface area contributed by atoms with E-state index in [9.17, 15) is 4.79 Å². The number of nitrogens with zero attached hydrogens (tertiary/aromatic N) is 1. The summed E-state index contributed by atoms with van der Waals surface area (Å²) in [5.74, 6) is 1.32. The van der Waals surface area contributed by atoms with Crippen molar-refractivity contribution in [2.24, 2.45) is 0 Å². The molecular weight excluding hydrogens is 382 g/mol. The van der Waals surface area contributed by atoms with Crippen LogP contribution >= 0.6 is 15.9 Å². The molecule has 2 N–H and O–H groups in total. The van der Waals surface area contributed by atoms with Crippen molar-refractivity contribution < 1.29 is 9.53 Å². The summed E-state index contributed by atoms with van der Waals surface area (Å²) in [7, 11) is 0. The molecule has 126 valence electrons. The molecule has 3 aromatic rings. The highest BCUT2D eigenvalue weighted by Gasteiger charge is 2.05. The van der Waals surface area contributed by atoms with Crippen LogP contribution in [0.2, 0.25) is 0 Å². The fourth-order valence-corrected chi connectivity index (χ4v) is 2.51. The van der Waals surface area contributed by atoms with Crippen LogP contribution in [0.15, 0.2) is 77.5 Å². The first-order valence-electron chi connectivity index (χ1n) is 7.67. The first-order valence-corrected chi connectivity index (χ1v) is 8.46. The lowest BCUT2D eigenvalue weighted by Gasteiger charge is -2.10. The van der Waals surface area contributed by atoms with E-state index in [0.29, 0.717) is 0 Å². The quantitative estimate of drug-likeness (QED) is 0.633. The number of hydrogen-bond donors (Lipinski definition) is 2. The van der Waals surface area contributed by atoms with Crippen molar-refractivity contribution in [2.75, 3.05) is 17.2 Å². The number of para-hydroxylation sites is 1. The van der Waals surface area contributed by atoms with Gasteiger partial charge in [-0.25, -0.2) is 0 Å². The largest absolute Gasteiger partial charge is 0.457 e. The predicted molar refractivity (Wildman–Crippen MR) is 102 cm³/mol. The maximum atomic E-state index is 12.0. The highest BCUT2D eigenvalue weighted by Crippen LogP contribution is 2.23. The Morgan fingerprint density at radius 3 is 2.36 bits per heavy atom. The predicted octanol–water partition coefficient (Wildman–Crippen LogP) is 4.69. The lowest BCUT2D eigenvalue weighted by molar-refractivity contribution is -0.114. The lowest BCUT2D eigenvalue weighted by Crippen LogP contribution is -2.21. The summed E-state index contributed by atoms with van der Waals surface area (Å²) in [5, 5.41) is 5.93. The minimum atomic E-state index is -0.121. The van der Waals surface area contributed by atoms with Gasteiger partial charge in [-0.1, -0.05) is 12.1 Å². The average molecular weight is 398 g/mol. The standard InChI is InChI=1S/C19H16BrN3O2/c20-17-3-1-2-4-18(17)23-19(24)13-22-14-5-7-15(8-6-14)25-16-9-11-21-12-10-16/h1-12,22H,13H2,(H,23,24). The Morgan fingerprint density at radius 1 is 0.960 bits per heavy atom. The van der Waals surface area contributed by atoms with Crippen molar-refractivity contribution in [3.63, 3.8) is 0 Å². The Balaban J connectivity index is 1.51. The first kappa shape index (κ1) is 17.0. The number of hydrogen-bond acceptors (Lipinski definition) is 4. The molecule has 0 unspecified atom stereocenters. The molecule has 0 saturated carbocycles. The van der Waals surface area contributed by atoms with E-state index in [4.69, 9.17) is 4.74 Å². The van der Waals surface area contributed by atoms with Gasteiger partial charge in [-0.05, 0) is 64.5 Å². The van der Waals surface area contributed by atoms with E-state index in [0.717, 1.165) is 27.3 Å². The van der Waals surface area contributed by atoms with Gasteiger partial charge in [0.2, 0.25) is 5.91 Å². The number of rotatable bonds is 6. The number of carbonyl (C=O) groups is 1. The van der Waals surface area contributed by atoms with Crippen LogP contribution in [0.25, 0.3) is 0 Å². The molecule has 0 aliphatic carbocycles. The molecule has 1 aromatic heterocycles. The molecule has 1 heterocycles. The van der Waals surface area contributed by atoms with Crippen LogP contribution in [0.5, 0.6) is 11.5 Å². The molecule has 3 rings (SSSR count). The molecule has 0 atom stereocenters. The molecule has 5 nitrogen and oxygen atoms in total. The number of carbonyl (C=O) groups excluding carboxylic acids is 1. The Kier molecular flexibility index (Phi) is 5.64. The van der Waals surface area contributed by atoms with Crippen LogP contribution < -0.4 is 15.4 Å². The Labute approximate surface area is 154 Å². The normalized spacial score (nSPS) is 10.1. The van der Waals surface area contributed by atoms with Crippen LogP contribution in [0, 0.1) is 0 Å². The van der Waals surface area contributed by atoms with E-state index in [2.05, 4.69) is 31.5 Å². The molecule has 0 bridgehead atoms. The molecule has 0 aliphatic heterocycles. The molecular formula is C19H16BrN3O2. The number of nitrogens with one attached hydrogen (secondary N) is 2. The topological polar surface area (TPSA) is 63.2 Å². The smallest absolute Gasteiger partial charge is 0.243 e. The zero-order valence-corrected chi connectivity index (χ0v) is 14.9. The van der Waals surface area contributed by atoms with Crippen molar-refractivity contribution >= 4 is 33.2 Å². The maximum absolute atomic E-state index is 12.0. The summed E-state index contributed by atoms with van der Waals surface area (Å²) >= 11 is 3.40. The Hall–Kier alpha value is -2.86. The number of anilines is 2. The van der Waals surface area contributed by atoms with Crippen molar-refractivity contribution in [1.82, 2.24) is 4.98 Å². The van der Waals surface area contributed by atoms with Gasteiger partial charge in [-0.2, -0.15) is 0 Å². The van der Waals surface area contributed by atoms with Gasteiger partial charge < -0.3 is 15.4 Å². The van der Waals surface area contributed by atoms with E-state index >= 15 is 0 Å². The van der Waals surface area contributed by atoms with E-state index < -0.39 is 0 Å². The van der Waals surface area contributed by atoms with Crippen molar-refractivity contribution in [2.45, 2.75) is 0 Å². The fraction of sp³-hybridized carbons (Fsp3) is 0.0526. The summed E-state index contributed by atoms with van der Waals surface area (Å²) in [4.78, 5) is 16.0. The summed E-state index contributed by atoms with van der Waals surface area (Å²) < 4.78 is 6.55. The number of pyridine rings is 1. The highest BCUT2D eigenvalue weighted by molar-refractivity contribution is 9.10. The molecule has 0 aliphatic rings. The molecule has 6 heteroatoms. The third-order valence-electron chi connectivity index (χ3n) is 3.34. The van der Waals surface area contributed by atoms with Gasteiger partial charge in [0.15, 0.2) is 0 Å². The minimum absolute atomic E-state index is 0.121. The second-order valence-electron chi connectivity index (χ2n) is 5.19. The van der Waals surface area contributed by atoms with E-state index in [1.165, 1.54) is 0 Å². The van der Waals surface area contributed by atoms with E-state index in [1.807, 2.05) is 48.5 Å². The molecule has 2 aromatic carbocycles. The minimum Gasteiger partial charge on any atom is -0.457 e. The van der Waals surface area contributed by atoms with Gasteiger partial charge in [-0.15, -0.1) is 0 Å². The summed E-state index contributed by atoms with van der Waals surface area (Å²) in [6, 6.07) is 18.5.